The number of azide groups is 1. The first-order chi connectivity index (χ1) is 15.6. The molecule has 0 aliphatic heterocycles. The van der Waals surface area contributed by atoms with Crippen LogP contribution < -0.4 is 5.32 Å². The van der Waals surface area contributed by atoms with Gasteiger partial charge in [-0.2, -0.15) is 0 Å². The molecular formula is C24H30N5O4+. The molecule has 0 bridgehead atoms. The molecule has 33 heavy (non-hydrogen) atoms. The van der Waals surface area contributed by atoms with Gasteiger partial charge >= 0.3 is 12.1 Å². The van der Waals surface area contributed by atoms with Gasteiger partial charge in [0, 0.05) is 17.4 Å². The molecule has 9 heteroatoms. The highest BCUT2D eigenvalue weighted by Crippen LogP contribution is 2.44. The molecule has 0 heterocycles. The summed E-state index contributed by atoms with van der Waals surface area (Å²) in [4.78, 5) is 27.6. The van der Waals surface area contributed by atoms with Crippen LogP contribution >= 0.6 is 0 Å². The van der Waals surface area contributed by atoms with Gasteiger partial charge in [0.1, 0.15) is 12.6 Å². The second-order valence-corrected chi connectivity index (χ2v) is 9.73. The summed E-state index contributed by atoms with van der Waals surface area (Å²) in [6.07, 6.45) is -0.821. The van der Waals surface area contributed by atoms with Crippen molar-refractivity contribution in [2.75, 3.05) is 40.8 Å². The van der Waals surface area contributed by atoms with Crippen molar-refractivity contribution in [3.05, 3.63) is 70.1 Å². The van der Waals surface area contributed by atoms with Crippen molar-refractivity contribution in [3.63, 3.8) is 0 Å². The van der Waals surface area contributed by atoms with Gasteiger partial charge in [-0.3, -0.25) is 0 Å². The number of quaternary nitrogens is 1. The fourth-order valence-corrected chi connectivity index (χ4v) is 4.80. The van der Waals surface area contributed by atoms with Crippen LogP contribution in [0.4, 0.5) is 4.79 Å². The van der Waals surface area contributed by atoms with Gasteiger partial charge in [-0.05, 0) is 27.8 Å². The van der Waals surface area contributed by atoms with E-state index in [4.69, 9.17) is 10.3 Å². The number of hydrogen-bond donors (Lipinski definition) is 2. The number of amides is 1. The summed E-state index contributed by atoms with van der Waals surface area (Å²) in [6.45, 7) is 2.04. The fourth-order valence-electron chi connectivity index (χ4n) is 4.80. The van der Waals surface area contributed by atoms with E-state index in [2.05, 4.69) is 15.3 Å². The van der Waals surface area contributed by atoms with Crippen LogP contribution in [0.1, 0.15) is 24.0 Å². The number of ether oxygens (including phenoxy) is 1. The van der Waals surface area contributed by atoms with Crippen LogP contribution in [-0.4, -0.2) is 68.5 Å². The molecule has 9 nitrogen and oxygen atoms in total. The Morgan fingerprint density at radius 3 is 2.18 bits per heavy atom. The van der Waals surface area contributed by atoms with E-state index in [0.29, 0.717) is 11.0 Å². The lowest BCUT2D eigenvalue weighted by atomic mass is 9.81. The van der Waals surface area contributed by atoms with E-state index >= 15 is 0 Å². The van der Waals surface area contributed by atoms with Gasteiger partial charge < -0.3 is 19.6 Å². The number of fused-ring (bicyclic) bond motifs is 3. The Morgan fingerprint density at radius 2 is 1.70 bits per heavy atom. The Morgan fingerprint density at radius 1 is 1.15 bits per heavy atom. The van der Waals surface area contributed by atoms with Gasteiger partial charge in [0.25, 0.3) is 0 Å². The SMILES string of the molecule is C[C@@](CN=[N+]=[N-])(C[N+](C)(C)C)[C@H](NC(=O)OCC1c2ccccc2-c2ccccc21)C(=O)O. The zero-order valence-electron chi connectivity index (χ0n) is 19.4. The number of aliphatic carboxylic acids is 1. The van der Waals surface area contributed by atoms with Gasteiger partial charge in [0.15, 0.2) is 0 Å². The average Bonchev–Trinajstić information content (AvgIpc) is 3.07. The Bertz CT molecular complexity index is 1040. The number of carbonyl (C=O) groups is 2. The monoisotopic (exact) mass is 452 g/mol. The number of nitrogens with zero attached hydrogens (tertiary/aromatic N) is 4. The molecule has 0 fully saturated rings. The molecule has 3 rings (SSSR count). The third-order valence-corrected chi connectivity index (χ3v) is 5.88. The fraction of sp³-hybridized carbons (Fsp3) is 0.417. The maximum absolute atomic E-state index is 12.7. The van der Waals surface area contributed by atoms with E-state index in [0.717, 1.165) is 22.3 Å². The molecule has 1 amide bonds. The van der Waals surface area contributed by atoms with E-state index in [1.54, 1.807) is 6.92 Å². The zero-order valence-corrected chi connectivity index (χ0v) is 19.4. The number of carboxylic acids is 1. The van der Waals surface area contributed by atoms with Crippen LogP contribution in [0.2, 0.25) is 0 Å². The third-order valence-electron chi connectivity index (χ3n) is 5.88. The summed E-state index contributed by atoms with van der Waals surface area (Å²) in [5.74, 6) is -1.35. The molecule has 0 saturated carbocycles. The van der Waals surface area contributed by atoms with Crippen molar-refractivity contribution in [1.82, 2.24) is 5.32 Å². The van der Waals surface area contributed by atoms with Crippen LogP contribution in [0.15, 0.2) is 53.6 Å². The summed E-state index contributed by atoms with van der Waals surface area (Å²) in [6, 6.07) is 14.7. The minimum atomic E-state index is -1.30. The van der Waals surface area contributed by atoms with Crippen LogP contribution in [0, 0.1) is 5.41 Å². The second kappa shape index (κ2) is 9.52. The molecule has 2 N–H and O–H groups in total. The van der Waals surface area contributed by atoms with Gasteiger partial charge in [0.2, 0.25) is 0 Å². The van der Waals surface area contributed by atoms with Gasteiger partial charge in [0.05, 0.1) is 33.1 Å². The lowest BCUT2D eigenvalue weighted by Crippen LogP contribution is -2.59. The molecule has 2 aromatic rings. The van der Waals surface area contributed by atoms with Crippen LogP contribution in [0.3, 0.4) is 0 Å². The number of carbonyl (C=O) groups excluding carboxylic acids is 1. The molecule has 174 valence electrons. The maximum atomic E-state index is 12.7. The third kappa shape index (κ3) is 5.45. The van der Waals surface area contributed by atoms with Crippen molar-refractivity contribution >= 4 is 12.1 Å². The predicted molar refractivity (Wildman–Crippen MR) is 125 cm³/mol. The first-order valence-electron chi connectivity index (χ1n) is 10.7. The van der Waals surface area contributed by atoms with Crippen LogP contribution in [-0.2, 0) is 9.53 Å². The smallest absolute Gasteiger partial charge is 0.407 e. The van der Waals surface area contributed by atoms with E-state index in [9.17, 15) is 14.7 Å². The number of rotatable bonds is 9. The predicted octanol–water partition coefficient (Wildman–Crippen LogP) is 4.00. The Labute approximate surface area is 193 Å². The summed E-state index contributed by atoms with van der Waals surface area (Å²) in [5.41, 5.74) is 12.1. The topological polar surface area (TPSA) is 124 Å². The zero-order chi connectivity index (χ0) is 24.2. The van der Waals surface area contributed by atoms with Gasteiger partial charge in [-0.15, -0.1) is 0 Å². The standard InChI is InChI=1S/C24H29N5O4/c1-24(14-26-28-25,15-29(2,3)4)21(22(30)31)27-23(32)33-13-20-18-11-7-5-9-16(18)17-10-6-8-12-19(17)20/h5-12,20-21H,13-15H2,1-4H3,(H-,27,30,31,32)/p+1/t21-,24-/m1/s1. The highest BCUT2D eigenvalue weighted by atomic mass is 16.5. The second-order valence-electron chi connectivity index (χ2n) is 9.73. The first-order valence-corrected chi connectivity index (χ1v) is 10.7. The Kier molecular flexibility index (Phi) is 6.95. The number of alkyl carbamates (subject to hydrolysis) is 1. The van der Waals surface area contributed by atoms with Crippen molar-refractivity contribution in [2.45, 2.75) is 18.9 Å². The highest BCUT2D eigenvalue weighted by Gasteiger charge is 2.44. The Hall–Kier alpha value is -3.55. The van der Waals surface area contributed by atoms with Crippen molar-refractivity contribution in [3.8, 4) is 11.1 Å². The van der Waals surface area contributed by atoms with Gasteiger partial charge in [-0.25, -0.2) is 9.59 Å². The number of nitrogens with one attached hydrogen (secondary N) is 1. The molecule has 0 saturated heterocycles. The molecule has 0 unspecified atom stereocenters. The number of carboxylic acid groups (broad SMARTS) is 1. The summed E-state index contributed by atoms with van der Waals surface area (Å²) >= 11 is 0. The van der Waals surface area contributed by atoms with Crippen LogP contribution in [0.25, 0.3) is 21.6 Å². The molecular weight excluding hydrogens is 422 g/mol. The average molecular weight is 453 g/mol. The molecule has 0 aromatic heterocycles. The minimum Gasteiger partial charge on any atom is -0.480 e. The molecule has 1 aliphatic carbocycles. The molecule has 2 aromatic carbocycles. The molecule has 1 aliphatic rings. The molecule has 0 radical (unpaired) electrons. The van der Waals surface area contributed by atoms with Crippen molar-refractivity contribution in [2.24, 2.45) is 10.5 Å². The summed E-state index contributed by atoms with van der Waals surface area (Å²) in [7, 11) is 5.71. The number of benzene rings is 2. The largest absolute Gasteiger partial charge is 0.480 e. The summed E-state index contributed by atoms with van der Waals surface area (Å²) < 4.78 is 5.95. The quantitative estimate of drug-likeness (QED) is 0.258. The van der Waals surface area contributed by atoms with E-state index in [1.807, 2.05) is 69.7 Å². The van der Waals surface area contributed by atoms with E-state index < -0.39 is 23.5 Å². The van der Waals surface area contributed by atoms with Gasteiger partial charge in [-0.1, -0.05) is 60.6 Å². The summed E-state index contributed by atoms with van der Waals surface area (Å²) in [5, 5.41) is 16.0. The van der Waals surface area contributed by atoms with E-state index in [1.165, 1.54) is 0 Å². The lowest BCUT2D eigenvalue weighted by Gasteiger charge is -2.39. The normalized spacial score (nSPS) is 15.4. The van der Waals surface area contributed by atoms with Crippen molar-refractivity contribution in [1.29, 1.82) is 0 Å². The highest BCUT2D eigenvalue weighted by molar-refractivity contribution is 5.81. The Balaban J connectivity index is 1.77. The number of hydrogen-bond acceptors (Lipinski definition) is 4. The molecule has 0 spiro atoms. The van der Waals surface area contributed by atoms with Crippen LogP contribution in [0.5, 0.6) is 0 Å². The lowest BCUT2D eigenvalue weighted by molar-refractivity contribution is -0.877. The first kappa shape index (κ1) is 24.1. The van der Waals surface area contributed by atoms with Crippen molar-refractivity contribution < 1.29 is 23.9 Å². The minimum absolute atomic E-state index is 0.0780. The van der Waals surface area contributed by atoms with E-state index in [-0.39, 0.29) is 19.1 Å². The maximum Gasteiger partial charge on any atom is 0.407 e. The molecule has 2 atom stereocenters.